The fraction of sp³-hybridized carbons (Fsp3) is 0.381. The number of aromatic nitrogens is 4. The van der Waals surface area contributed by atoms with Crippen LogP contribution >= 0.6 is 23.6 Å². The second kappa shape index (κ2) is 8.35. The van der Waals surface area contributed by atoms with Crippen LogP contribution < -0.4 is 10.2 Å². The van der Waals surface area contributed by atoms with E-state index in [0.29, 0.717) is 28.2 Å². The maximum atomic E-state index is 12.9. The van der Waals surface area contributed by atoms with Crippen LogP contribution in [-0.4, -0.2) is 38.1 Å². The molecule has 0 spiro atoms. The molecule has 2 N–H and O–H groups in total. The number of hydrogen-bond acceptors (Lipinski definition) is 6. The molecule has 1 fully saturated rings. The number of nitrogens with one attached hydrogen (secondary N) is 2. The zero-order chi connectivity index (χ0) is 22.3. The molecule has 2 amide bonds. The molecule has 0 bridgehead atoms. The summed E-state index contributed by atoms with van der Waals surface area (Å²) < 4.78 is 2.28. The summed E-state index contributed by atoms with van der Waals surface area (Å²) in [5, 5.41) is 10.4. The van der Waals surface area contributed by atoms with Crippen LogP contribution in [0.15, 0.2) is 24.3 Å². The van der Waals surface area contributed by atoms with Gasteiger partial charge in [0.1, 0.15) is 0 Å². The van der Waals surface area contributed by atoms with E-state index in [2.05, 4.69) is 40.4 Å². The molecule has 0 radical (unpaired) electrons. The third-order valence-electron chi connectivity index (χ3n) is 5.45. The molecule has 162 valence electrons. The molecule has 3 heterocycles. The molecule has 3 aromatic rings. The second-order valence-electron chi connectivity index (χ2n) is 7.99. The summed E-state index contributed by atoms with van der Waals surface area (Å²) in [4.78, 5) is 32.5. The molecule has 1 unspecified atom stereocenters. The summed E-state index contributed by atoms with van der Waals surface area (Å²) in [6, 6.07) is 7.94. The van der Waals surface area contributed by atoms with Crippen molar-refractivity contribution in [3.05, 3.63) is 40.3 Å². The lowest BCUT2D eigenvalue weighted by Crippen LogP contribution is -2.28. The highest BCUT2D eigenvalue weighted by atomic mass is 32.1. The highest BCUT2D eigenvalue weighted by molar-refractivity contribution is 7.71. The summed E-state index contributed by atoms with van der Waals surface area (Å²) in [6.07, 6.45) is 0.183. The molecule has 1 aliphatic heterocycles. The lowest BCUT2D eigenvalue weighted by molar-refractivity contribution is -0.122. The Labute approximate surface area is 189 Å². The van der Waals surface area contributed by atoms with Crippen LogP contribution in [0.1, 0.15) is 37.4 Å². The molecule has 10 heteroatoms. The van der Waals surface area contributed by atoms with Gasteiger partial charge in [-0.3, -0.25) is 14.7 Å². The Morgan fingerprint density at radius 1 is 1.39 bits per heavy atom. The molecule has 2 aromatic heterocycles. The van der Waals surface area contributed by atoms with Crippen LogP contribution in [0.5, 0.6) is 0 Å². The third kappa shape index (κ3) is 4.17. The van der Waals surface area contributed by atoms with E-state index in [1.54, 1.807) is 9.47 Å². The van der Waals surface area contributed by atoms with Crippen LogP contribution in [0.3, 0.4) is 0 Å². The smallest absolute Gasteiger partial charge is 0.231 e. The lowest BCUT2D eigenvalue weighted by atomic mass is 10.0. The van der Waals surface area contributed by atoms with E-state index < -0.39 is 5.92 Å². The Morgan fingerprint density at radius 3 is 2.84 bits per heavy atom. The molecule has 1 aliphatic rings. The summed E-state index contributed by atoms with van der Waals surface area (Å²) in [6.45, 7) is 6.45. The molecule has 4 rings (SSSR count). The molecule has 0 saturated carbocycles. The van der Waals surface area contributed by atoms with Crippen molar-refractivity contribution in [1.29, 1.82) is 0 Å². The zero-order valence-corrected chi connectivity index (χ0v) is 19.4. The van der Waals surface area contributed by atoms with Gasteiger partial charge in [0.25, 0.3) is 0 Å². The Kier molecular flexibility index (Phi) is 5.76. The van der Waals surface area contributed by atoms with Crippen molar-refractivity contribution in [2.75, 3.05) is 16.8 Å². The molecule has 31 heavy (non-hydrogen) atoms. The molecule has 0 aliphatic carbocycles. The summed E-state index contributed by atoms with van der Waals surface area (Å²) in [5.41, 5.74) is 2.76. The van der Waals surface area contributed by atoms with E-state index in [4.69, 9.17) is 12.2 Å². The molecule has 8 nitrogen and oxygen atoms in total. The topological polar surface area (TPSA) is 95.9 Å². The first kappa shape index (κ1) is 21.4. The number of aromatic amines is 1. The average Bonchev–Trinajstić information content (AvgIpc) is 3.39. The summed E-state index contributed by atoms with van der Waals surface area (Å²) in [7, 11) is 1.82. The van der Waals surface area contributed by atoms with Gasteiger partial charge in [-0.2, -0.15) is 5.10 Å². The van der Waals surface area contributed by atoms with Crippen LogP contribution in [0, 0.1) is 17.6 Å². The number of hydrogen-bond donors (Lipinski definition) is 2. The van der Waals surface area contributed by atoms with Gasteiger partial charge in [-0.05, 0) is 42.8 Å². The lowest BCUT2D eigenvalue weighted by Gasteiger charge is -2.18. The molecule has 1 saturated heterocycles. The molecule has 1 atom stereocenters. The predicted octanol–water partition coefficient (Wildman–Crippen LogP) is 4.02. The fourth-order valence-corrected chi connectivity index (χ4v) is 4.73. The minimum absolute atomic E-state index is 0.0430. The SMILES string of the molecule is Cc1nc(NC(=O)C2CC(=O)N(c3cccc(C(C)C)c3)C2)sc1-c1n[nH]c(=S)n1C. The fourth-order valence-electron chi connectivity index (χ4n) is 3.60. The minimum atomic E-state index is -0.427. The van der Waals surface area contributed by atoms with E-state index in [1.165, 1.54) is 11.3 Å². The van der Waals surface area contributed by atoms with Crippen LogP contribution in [-0.2, 0) is 16.6 Å². The number of carbonyl (C=O) groups excluding carboxylic acids is 2. The van der Waals surface area contributed by atoms with Crippen molar-refractivity contribution in [3.8, 4) is 10.7 Å². The number of anilines is 2. The van der Waals surface area contributed by atoms with Crippen molar-refractivity contribution in [2.45, 2.75) is 33.1 Å². The Balaban J connectivity index is 1.48. The monoisotopic (exact) mass is 456 g/mol. The first-order chi connectivity index (χ1) is 14.7. The van der Waals surface area contributed by atoms with E-state index >= 15 is 0 Å². The second-order valence-corrected chi connectivity index (χ2v) is 9.38. The number of carbonyl (C=O) groups is 2. The van der Waals surface area contributed by atoms with Gasteiger partial charge in [0.2, 0.25) is 11.8 Å². The Morgan fingerprint density at radius 2 is 2.16 bits per heavy atom. The number of H-pyrrole nitrogens is 1. The van der Waals surface area contributed by atoms with Gasteiger partial charge < -0.3 is 14.8 Å². The van der Waals surface area contributed by atoms with E-state index in [1.807, 2.05) is 32.2 Å². The zero-order valence-electron chi connectivity index (χ0n) is 17.8. The largest absolute Gasteiger partial charge is 0.312 e. The van der Waals surface area contributed by atoms with Crippen molar-refractivity contribution >= 4 is 46.2 Å². The maximum absolute atomic E-state index is 12.9. The van der Waals surface area contributed by atoms with Crippen molar-refractivity contribution in [1.82, 2.24) is 19.7 Å². The van der Waals surface area contributed by atoms with Gasteiger partial charge in [0, 0.05) is 25.7 Å². The quantitative estimate of drug-likeness (QED) is 0.565. The van der Waals surface area contributed by atoms with E-state index in [0.717, 1.165) is 21.8 Å². The minimum Gasteiger partial charge on any atom is -0.312 e. The maximum Gasteiger partial charge on any atom is 0.231 e. The molecular weight excluding hydrogens is 432 g/mol. The van der Waals surface area contributed by atoms with E-state index in [9.17, 15) is 9.59 Å². The third-order valence-corrected chi connectivity index (χ3v) is 6.89. The van der Waals surface area contributed by atoms with Gasteiger partial charge in [-0.15, -0.1) is 0 Å². The molecule has 1 aromatic carbocycles. The van der Waals surface area contributed by atoms with Crippen molar-refractivity contribution in [2.24, 2.45) is 13.0 Å². The van der Waals surface area contributed by atoms with Gasteiger partial charge in [-0.1, -0.05) is 37.3 Å². The van der Waals surface area contributed by atoms with Crippen LogP contribution in [0.2, 0.25) is 0 Å². The first-order valence-corrected chi connectivity index (χ1v) is 11.3. The van der Waals surface area contributed by atoms with Crippen LogP contribution in [0.4, 0.5) is 10.8 Å². The average molecular weight is 457 g/mol. The van der Waals surface area contributed by atoms with Crippen LogP contribution in [0.25, 0.3) is 10.7 Å². The first-order valence-electron chi connectivity index (χ1n) is 10.0. The standard InChI is InChI=1S/C21H24N6O2S2/c1-11(2)13-6-5-7-15(8-13)27-10-14(9-16(27)28)19(29)23-20-22-12(3)17(31-20)18-24-25-21(30)26(18)4/h5-8,11,14H,9-10H2,1-4H3,(H,25,30)(H,22,23,29). The number of benzene rings is 1. The highest BCUT2D eigenvalue weighted by Crippen LogP contribution is 2.33. The number of thiazole rings is 1. The predicted molar refractivity (Wildman–Crippen MR) is 124 cm³/mol. The van der Waals surface area contributed by atoms with Crippen molar-refractivity contribution < 1.29 is 9.59 Å². The number of amides is 2. The number of rotatable bonds is 5. The van der Waals surface area contributed by atoms with Gasteiger partial charge in [-0.25, -0.2) is 4.98 Å². The van der Waals surface area contributed by atoms with E-state index in [-0.39, 0.29) is 18.2 Å². The normalized spacial score (nSPS) is 16.4. The Hall–Kier alpha value is -2.85. The number of aryl methyl sites for hydroxylation is 1. The van der Waals surface area contributed by atoms with Crippen molar-refractivity contribution in [3.63, 3.8) is 0 Å². The van der Waals surface area contributed by atoms with Gasteiger partial charge in [0.05, 0.1) is 16.5 Å². The number of nitrogens with zero attached hydrogens (tertiary/aromatic N) is 4. The van der Waals surface area contributed by atoms with Gasteiger partial charge >= 0.3 is 0 Å². The summed E-state index contributed by atoms with van der Waals surface area (Å²) in [5.74, 6) is 0.369. The van der Waals surface area contributed by atoms with Gasteiger partial charge in [0.15, 0.2) is 15.7 Å². The molecular formula is C21H24N6O2S2. The Bertz CT molecular complexity index is 1210. The summed E-state index contributed by atoms with van der Waals surface area (Å²) >= 11 is 6.51. The highest BCUT2D eigenvalue weighted by Gasteiger charge is 2.35.